The number of hydrogen-bond donors (Lipinski definition) is 0. The van der Waals surface area contributed by atoms with E-state index in [2.05, 4.69) is 199 Å². The summed E-state index contributed by atoms with van der Waals surface area (Å²) in [5.74, 6) is 7.46. The quantitative estimate of drug-likeness (QED) is 0.179. The van der Waals surface area contributed by atoms with Crippen molar-refractivity contribution in [2.24, 2.45) is 0 Å². The maximum Gasteiger partial charge on any atom is 0.108 e. The Morgan fingerprint density at radius 3 is 1.62 bits per heavy atom. The summed E-state index contributed by atoms with van der Waals surface area (Å²) in [4.78, 5) is 2.43. The van der Waals surface area contributed by atoms with Crippen LogP contribution in [0.4, 0.5) is 17.1 Å². The van der Waals surface area contributed by atoms with Gasteiger partial charge >= 0.3 is 0 Å². The summed E-state index contributed by atoms with van der Waals surface area (Å²) in [6.07, 6.45) is 0. The molecule has 0 amide bonds. The monoisotopic (exact) mass is 609 g/mol. The third-order valence-corrected chi connectivity index (χ3v) is 9.65. The van der Waals surface area contributed by atoms with E-state index in [4.69, 9.17) is 0 Å². The molecule has 0 heterocycles. The van der Waals surface area contributed by atoms with E-state index in [1.807, 2.05) is 6.07 Å². The van der Waals surface area contributed by atoms with Crippen molar-refractivity contribution >= 4 is 38.6 Å². The van der Waals surface area contributed by atoms with Crippen molar-refractivity contribution in [1.82, 2.24) is 0 Å². The lowest BCUT2D eigenvalue weighted by molar-refractivity contribution is 0.837. The smallest absolute Gasteiger partial charge is 0.108 e. The highest BCUT2D eigenvalue weighted by molar-refractivity contribution is 6.00. The third kappa shape index (κ3) is 4.50. The zero-order chi connectivity index (χ0) is 31.9. The number of hydrogen-bond acceptors (Lipinski definition) is 1. The average Bonchev–Trinajstić information content (AvgIpc) is 3.46. The summed E-state index contributed by atoms with van der Waals surface area (Å²) in [7, 11) is 0. The predicted molar refractivity (Wildman–Crippen MR) is 201 cm³/mol. The summed E-state index contributed by atoms with van der Waals surface area (Å²) >= 11 is 0. The van der Waals surface area contributed by atoms with Gasteiger partial charge in [0, 0.05) is 22.5 Å². The van der Waals surface area contributed by atoms with Gasteiger partial charge in [-0.15, -0.1) is 0 Å². The first-order valence-corrected chi connectivity index (χ1v) is 16.4. The Morgan fingerprint density at radius 2 is 0.958 bits per heavy atom. The van der Waals surface area contributed by atoms with Crippen molar-refractivity contribution in [2.75, 3.05) is 4.90 Å². The molecule has 9 rings (SSSR count). The summed E-state index contributed by atoms with van der Waals surface area (Å²) in [6.45, 7) is 0. The van der Waals surface area contributed by atoms with Gasteiger partial charge in [-0.25, -0.2) is 0 Å². The molecule has 0 saturated heterocycles. The maximum absolute atomic E-state index is 3.87. The van der Waals surface area contributed by atoms with E-state index in [0.29, 0.717) is 0 Å². The molecule has 1 unspecified atom stereocenters. The molecule has 8 aromatic rings. The minimum absolute atomic E-state index is 0.655. The second-order valence-corrected chi connectivity index (χ2v) is 12.4. The molecule has 0 radical (unpaired) electrons. The minimum Gasteiger partial charge on any atom is -0.310 e. The maximum atomic E-state index is 3.87. The second-order valence-electron chi connectivity index (χ2n) is 12.4. The van der Waals surface area contributed by atoms with Gasteiger partial charge in [-0.05, 0) is 86.3 Å². The number of rotatable bonds is 4. The molecule has 0 saturated carbocycles. The van der Waals surface area contributed by atoms with Crippen molar-refractivity contribution < 1.29 is 0 Å². The molecular formula is C47H31N. The second kappa shape index (κ2) is 11.5. The van der Waals surface area contributed by atoms with Crippen LogP contribution < -0.4 is 4.90 Å². The Kier molecular flexibility index (Phi) is 6.66. The normalized spacial score (nSPS) is 14.6. The van der Waals surface area contributed by atoms with Crippen LogP contribution in [-0.4, -0.2) is 0 Å². The standard InChI is InChI=1S/C47H31N/c1-3-14-34(15-4-1)30-31-47(39-20-5-2-6-21-39)43-23-12-11-22-42(43)46-44(47)24-13-25-45(46)48(40-28-26-35-16-7-9-18-37(35)32-40)41-29-27-36-17-8-10-19-38(36)33-41/h1-29,32-33H. The van der Waals surface area contributed by atoms with Crippen LogP contribution in [0.5, 0.6) is 0 Å². The van der Waals surface area contributed by atoms with E-state index >= 15 is 0 Å². The molecule has 0 aromatic heterocycles. The fourth-order valence-corrected chi connectivity index (χ4v) is 7.45. The summed E-state index contributed by atoms with van der Waals surface area (Å²) < 4.78 is 0. The lowest BCUT2D eigenvalue weighted by atomic mass is 9.73. The van der Waals surface area contributed by atoms with Gasteiger partial charge in [0.05, 0.1) is 5.69 Å². The molecule has 0 spiro atoms. The number of anilines is 3. The van der Waals surface area contributed by atoms with E-state index in [9.17, 15) is 0 Å². The summed E-state index contributed by atoms with van der Waals surface area (Å²) in [5, 5.41) is 4.87. The molecule has 1 nitrogen and oxygen atoms in total. The molecule has 8 aromatic carbocycles. The van der Waals surface area contributed by atoms with Crippen LogP contribution in [0.1, 0.15) is 22.3 Å². The number of benzene rings is 8. The van der Waals surface area contributed by atoms with Crippen LogP contribution in [0.3, 0.4) is 0 Å². The predicted octanol–water partition coefficient (Wildman–Crippen LogP) is 11.8. The average molecular weight is 610 g/mol. The van der Waals surface area contributed by atoms with Gasteiger partial charge in [-0.1, -0.05) is 157 Å². The Hall–Kier alpha value is -6.36. The topological polar surface area (TPSA) is 3.24 Å². The summed E-state index contributed by atoms with van der Waals surface area (Å²) in [5.41, 5.74) is 9.69. The van der Waals surface area contributed by atoms with Gasteiger partial charge in [0.25, 0.3) is 0 Å². The molecule has 1 heteroatoms. The molecule has 1 aliphatic carbocycles. The fraction of sp³-hybridized carbons (Fsp3) is 0.0213. The van der Waals surface area contributed by atoms with Crippen molar-refractivity contribution in [3.63, 3.8) is 0 Å². The van der Waals surface area contributed by atoms with E-state index in [-0.39, 0.29) is 0 Å². The Labute approximate surface area is 281 Å². The van der Waals surface area contributed by atoms with Crippen LogP contribution in [-0.2, 0) is 5.41 Å². The fourth-order valence-electron chi connectivity index (χ4n) is 7.45. The SMILES string of the molecule is C(#CC1(c2ccccc2)c2ccccc2-c2c(N(c3ccc4ccccc4c3)c3ccc4ccccc4c3)cccc21)c1ccccc1. The van der Waals surface area contributed by atoms with Crippen LogP contribution in [0.25, 0.3) is 32.7 Å². The minimum atomic E-state index is -0.655. The molecule has 0 aliphatic heterocycles. The van der Waals surface area contributed by atoms with Crippen molar-refractivity contribution in [3.8, 4) is 23.0 Å². The zero-order valence-corrected chi connectivity index (χ0v) is 26.3. The van der Waals surface area contributed by atoms with Crippen LogP contribution >= 0.6 is 0 Å². The van der Waals surface area contributed by atoms with Crippen molar-refractivity contribution in [2.45, 2.75) is 5.41 Å². The largest absolute Gasteiger partial charge is 0.310 e. The molecule has 0 N–H and O–H groups in total. The molecule has 1 aliphatic rings. The highest BCUT2D eigenvalue weighted by Gasteiger charge is 2.45. The molecule has 0 bridgehead atoms. The first-order chi connectivity index (χ1) is 23.8. The van der Waals surface area contributed by atoms with Gasteiger partial charge in [-0.2, -0.15) is 0 Å². The van der Waals surface area contributed by atoms with Gasteiger partial charge in [0.2, 0.25) is 0 Å². The van der Waals surface area contributed by atoms with Gasteiger partial charge in [0.15, 0.2) is 0 Å². The van der Waals surface area contributed by atoms with Crippen LogP contribution in [0.15, 0.2) is 188 Å². The van der Waals surface area contributed by atoms with E-state index in [1.165, 1.54) is 49.4 Å². The lowest BCUT2D eigenvalue weighted by Crippen LogP contribution is -2.25. The van der Waals surface area contributed by atoms with Crippen molar-refractivity contribution in [3.05, 3.63) is 210 Å². The van der Waals surface area contributed by atoms with E-state index < -0.39 is 5.41 Å². The lowest BCUT2D eigenvalue weighted by Gasteiger charge is -2.30. The number of fused-ring (bicyclic) bond motifs is 5. The van der Waals surface area contributed by atoms with Crippen LogP contribution in [0, 0.1) is 11.8 Å². The first-order valence-electron chi connectivity index (χ1n) is 16.4. The molecule has 0 fully saturated rings. The number of nitrogens with zero attached hydrogens (tertiary/aromatic N) is 1. The van der Waals surface area contributed by atoms with Gasteiger partial charge < -0.3 is 4.90 Å². The Balaban J connectivity index is 1.36. The van der Waals surface area contributed by atoms with Crippen molar-refractivity contribution in [1.29, 1.82) is 0 Å². The third-order valence-electron chi connectivity index (χ3n) is 9.65. The highest BCUT2D eigenvalue weighted by Crippen LogP contribution is 2.56. The van der Waals surface area contributed by atoms with E-state index in [1.54, 1.807) is 0 Å². The molecule has 224 valence electrons. The first kappa shape index (κ1) is 27.9. The molecule has 1 atom stereocenters. The van der Waals surface area contributed by atoms with Crippen LogP contribution in [0.2, 0.25) is 0 Å². The highest BCUT2D eigenvalue weighted by atomic mass is 15.1. The Bertz CT molecular complexity index is 2440. The zero-order valence-electron chi connectivity index (χ0n) is 26.3. The van der Waals surface area contributed by atoms with Gasteiger partial charge in [-0.3, -0.25) is 0 Å². The summed E-state index contributed by atoms with van der Waals surface area (Å²) in [6, 6.07) is 67.5. The van der Waals surface area contributed by atoms with Gasteiger partial charge in [0.1, 0.15) is 5.41 Å². The Morgan fingerprint density at radius 1 is 0.417 bits per heavy atom. The molecule has 48 heavy (non-hydrogen) atoms. The van der Waals surface area contributed by atoms with E-state index in [0.717, 1.165) is 22.6 Å². The molecular weight excluding hydrogens is 579 g/mol.